The molecule has 0 unspecified atom stereocenters. The van der Waals surface area contributed by atoms with E-state index >= 15 is 0 Å². The predicted molar refractivity (Wildman–Crippen MR) is 83.3 cm³/mol. The molecule has 0 bridgehead atoms. The minimum Gasteiger partial charge on any atom is -0.397 e. The van der Waals surface area contributed by atoms with Gasteiger partial charge in [0.25, 0.3) is 0 Å². The number of benzene rings is 1. The first-order valence-electron chi connectivity index (χ1n) is 6.36. The molecule has 7 heteroatoms. The first kappa shape index (κ1) is 15.3. The molecule has 2 aromatic rings. The van der Waals surface area contributed by atoms with E-state index in [4.69, 9.17) is 5.73 Å². The maximum atomic E-state index is 12.1. The van der Waals surface area contributed by atoms with Crippen LogP contribution in [-0.2, 0) is 16.6 Å². The van der Waals surface area contributed by atoms with Gasteiger partial charge in [0.15, 0.2) is 0 Å². The highest BCUT2D eigenvalue weighted by molar-refractivity contribution is 7.89. The van der Waals surface area contributed by atoms with E-state index < -0.39 is 10.0 Å². The Labute approximate surface area is 124 Å². The maximum Gasteiger partial charge on any atom is 0.242 e. The number of aromatic nitrogens is 1. The molecule has 1 heterocycles. The summed E-state index contributed by atoms with van der Waals surface area (Å²) >= 11 is 0. The second-order valence-electron chi connectivity index (χ2n) is 4.75. The van der Waals surface area contributed by atoms with E-state index in [2.05, 4.69) is 10.3 Å². The monoisotopic (exact) mass is 306 g/mol. The fourth-order valence-electron chi connectivity index (χ4n) is 1.76. The van der Waals surface area contributed by atoms with Gasteiger partial charge in [0.1, 0.15) is 0 Å². The van der Waals surface area contributed by atoms with Crippen LogP contribution in [0.25, 0.3) is 0 Å². The van der Waals surface area contributed by atoms with Crippen LogP contribution in [0.2, 0.25) is 0 Å². The highest BCUT2D eigenvalue weighted by atomic mass is 32.2. The summed E-state index contributed by atoms with van der Waals surface area (Å²) in [4.78, 5) is 4.23. The second-order valence-corrected chi connectivity index (χ2v) is 6.90. The lowest BCUT2D eigenvalue weighted by molar-refractivity contribution is 0.521. The van der Waals surface area contributed by atoms with Gasteiger partial charge < -0.3 is 11.1 Å². The van der Waals surface area contributed by atoms with E-state index in [9.17, 15) is 8.42 Å². The van der Waals surface area contributed by atoms with Crippen LogP contribution in [0, 0.1) is 0 Å². The van der Waals surface area contributed by atoms with Gasteiger partial charge in [-0.3, -0.25) is 4.98 Å². The quantitative estimate of drug-likeness (QED) is 0.818. The zero-order chi connectivity index (χ0) is 15.5. The fourth-order valence-corrected chi connectivity index (χ4v) is 2.69. The molecule has 0 aliphatic carbocycles. The smallest absolute Gasteiger partial charge is 0.242 e. The lowest BCUT2D eigenvalue weighted by Gasteiger charge is -2.14. The third kappa shape index (κ3) is 3.50. The normalized spacial score (nSPS) is 11.6. The zero-order valence-electron chi connectivity index (χ0n) is 11.9. The Morgan fingerprint density at radius 2 is 2.05 bits per heavy atom. The molecule has 1 aromatic heterocycles. The van der Waals surface area contributed by atoms with Crippen molar-refractivity contribution in [3.8, 4) is 0 Å². The average Bonchev–Trinajstić information content (AvgIpc) is 2.47. The van der Waals surface area contributed by atoms with Crippen LogP contribution in [0.1, 0.15) is 5.56 Å². The van der Waals surface area contributed by atoms with Crippen molar-refractivity contribution in [2.45, 2.75) is 11.4 Å². The molecule has 0 spiro atoms. The number of nitrogens with one attached hydrogen (secondary N) is 1. The fraction of sp³-hybridized carbons (Fsp3) is 0.214. The van der Waals surface area contributed by atoms with E-state index in [1.807, 2.05) is 12.1 Å². The van der Waals surface area contributed by atoms with Gasteiger partial charge >= 0.3 is 0 Å². The Hall–Kier alpha value is -2.12. The maximum absolute atomic E-state index is 12.1. The number of sulfonamides is 1. The average molecular weight is 306 g/mol. The number of nitrogens with zero attached hydrogens (tertiary/aromatic N) is 2. The largest absolute Gasteiger partial charge is 0.397 e. The summed E-state index contributed by atoms with van der Waals surface area (Å²) in [6.07, 6.45) is 3.44. The standard InChI is InChI=1S/C14H18N4O2S/c1-18(2)21(19,20)12-5-6-13(15)14(8-12)17-10-11-4-3-7-16-9-11/h3-9,17H,10,15H2,1-2H3. The molecular weight excluding hydrogens is 288 g/mol. The number of rotatable bonds is 5. The van der Waals surface area contributed by atoms with Crippen molar-refractivity contribution < 1.29 is 8.42 Å². The number of hydrogen-bond acceptors (Lipinski definition) is 5. The number of nitrogen functional groups attached to an aromatic ring is 1. The van der Waals surface area contributed by atoms with Gasteiger partial charge in [-0.15, -0.1) is 0 Å². The van der Waals surface area contributed by atoms with Crippen LogP contribution >= 0.6 is 0 Å². The van der Waals surface area contributed by atoms with Crippen molar-refractivity contribution in [2.24, 2.45) is 0 Å². The summed E-state index contributed by atoms with van der Waals surface area (Å²) in [6, 6.07) is 8.40. The first-order valence-corrected chi connectivity index (χ1v) is 7.80. The predicted octanol–water partition coefficient (Wildman–Crippen LogP) is 1.53. The minimum atomic E-state index is -3.47. The topological polar surface area (TPSA) is 88.3 Å². The van der Waals surface area contributed by atoms with Gasteiger partial charge in [-0.1, -0.05) is 6.07 Å². The SMILES string of the molecule is CN(C)S(=O)(=O)c1ccc(N)c(NCc2cccnc2)c1. The van der Waals surface area contributed by atoms with Gasteiger partial charge in [0.05, 0.1) is 16.3 Å². The van der Waals surface area contributed by atoms with E-state index in [1.165, 1.54) is 24.5 Å². The summed E-state index contributed by atoms with van der Waals surface area (Å²) in [5.41, 5.74) is 7.95. The lowest BCUT2D eigenvalue weighted by Crippen LogP contribution is -2.22. The van der Waals surface area contributed by atoms with E-state index in [-0.39, 0.29) is 4.90 Å². The second kappa shape index (κ2) is 6.11. The highest BCUT2D eigenvalue weighted by Crippen LogP contribution is 2.24. The van der Waals surface area contributed by atoms with E-state index in [0.717, 1.165) is 5.56 Å². The summed E-state index contributed by atoms with van der Waals surface area (Å²) in [7, 11) is -0.485. The Kier molecular flexibility index (Phi) is 4.44. The van der Waals surface area contributed by atoms with Crippen molar-refractivity contribution in [2.75, 3.05) is 25.1 Å². The van der Waals surface area contributed by atoms with Gasteiger partial charge in [0.2, 0.25) is 10.0 Å². The summed E-state index contributed by atoms with van der Waals surface area (Å²) in [5, 5.41) is 3.13. The molecule has 21 heavy (non-hydrogen) atoms. The Balaban J connectivity index is 2.24. The van der Waals surface area contributed by atoms with Crippen LogP contribution in [-0.4, -0.2) is 31.8 Å². The molecule has 0 fully saturated rings. The molecule has 0 saturated heterocycles. The molecule has 1 aromatic carbocycles. The third-order valence-electron chi connectivity index (χ3n) is 3.01. The molecule has 0 saturated carbocycles. The van der Waals surface area contributed by atoms with Crippen molar-refractivity contribution in [3.63, 3.8) is 0 Å². The summed E-state index contributed by atoms with van der Waals surface area (Å²) < 4.78 is 25.4. The van der Waals surface area contributed by atoms with Crippen LogP contribution in [0.4, 0.5) is 11.4 Å². The molecule has 0 aliphatic rings. The van der Waals surface area contributed by atoms with Crippen LogP contribution < -0.4 is 11.1 Å². The number of hydrogen-bond donors (Lipinski definition) is 2. The molecular formula is C14H18N4O2S. The third-order valence-corrected chi connectivity index (χ3v) is 4.82. The van der Waals surface area contributed by atoms with Crippen molar-refractivity contribution in [1.29, 1.82) is 0 Å². The minimum absolute atomic E-state index is 0.204. The van der Waals surface area contributed by atoms with Crippen LogP contribution in [0.5, 0.6) is 0 Å². The molecule has 112 valence electrons. The van der Waals surface area contributed by atoms with Gasteiger partial charge in [-0.2, -0.15) is 0 Å². The summed E-state index contributed by atoms with van der Waals surface area (Å²) in [6.45, 7) is 0.517. The zero-order valence-corrected chi connectivity index (χ0v) is 12.8. The Morgan fingerprint density at radius 1 is 1.29 bits per heavy atom. The van der Waals surface area contributed by atoms with Crippen LogP contribution in [0.3, 0.4) is 0 Å². The van der Waals surface area contributed by atoms with E-state index in [1.54, 1.807) is 24.5 Å². The first-order chi connectivity index (χ1) is 9.91. The summed E-state index contributed by atoms with van der Waals surface area (Å²) in [5.74, 6) is 0. The molecule has 0 aliphatic heterocycles. The molecule has 6 nitrogen and oxygen atoms in total. The number of pyridine rings is 1. The molecule has 0 atom stereocenters. The van der Waals surface area contributed by atoms with Gasteiger partial charge in [-0.05, 0) is 29.8 Å². The highest BCUT2D eigenvalue weighted by Gasteiger charge is 2.18. The van der Waals surface area contributed by atoms with Gasteiger partial charge in [0, 0.05) is 33.0 Å². The van der Waals surface area contributed by atoms with Crippen molar-refractivity contribution in [1.82, 2.24) is 9.29 Å². The molecule has 2 rings (SSSR count). The van der Waals surface area contributed by atoms with E-state index in [0.29, 0.717) is 17.9 Å². The number of anilines is 2. The molecule has 0 amide bonds. The Bertz CT molecular complexity index is 715. The van der Waals surface area contributed by atoms with Crippen LogP contribution in [0.15, 0.2) is 47.6 Å². The Morgan fingerprint density at radius 3 is 2.67 bits per heavy atom. The molecule has 0 radical (unpaired) electrons. The lowest BCUT2D eigenvalue weighted by atomic mass is 10.2. The number of nitrogens with two attached hydrogens (primary N) is 1. The van der Waals surface area contributed by atoms with Gasteiger partial charge in [-0.25, -0.2) is 12.7 Å². The molecule has 3 N–H and O–H groups in total. The van der Waals surface area contributed by atoms with Crippen molar-refractivity contribution in [3.05, 3.63) is 48.3 Å². The van der Waals surface area contributed by atoms with Crippen molar-refractivity contribution >= 4 is 21.4 Å².